The van der Waals surface area contributed by atoms with Crippen molar-refractivity contribution in [2.45, 2.75) is 173 Å². The highest BCUT2D eigenvalue weighted by atomic mass is 16.7. The lowest BCUT2D eigenvalue weighted by molar-refractivity contribution is -0.282. The Hall–Kier alpha value is -14.2. The van der Waals surface area contributed by atoms with Gasteiger partial charge in [0.15, 0.2) is 72.1 Å². The Kier molecular flexibility index (Phi) is 39.8. The van der Waals surface area contributed by atoms with E-state index in [4.69, 9.17) is 110 Å². The van der Waals surface area contributed by atoms with Gasteiger partial charge in [-0.2, -0.15) is 0 Å². The Bertz CT molecular complexity index is 5030. The van der Waals surface area contributed by atoms with Gasteiger partial charge in [-0.05, 0) is 65.9 Å². The number of carbonyl (C=O) groups is 15. The van der Waals surface area contributed by atoms with Crippen molar-refractivity contribution in [1.29, 1.82) is 0 Å². The quantitative estimate of drug-likeness (QED) is 0.00798. The number of nitrogens with zero attached hydrogens (tertiary/aromatic N) is 7. The van der Waals surface area contributed by atoms with Crippen LogP contribution in [0.25, 0.3) is 10.4 Å². The van der Waals surface area contributed by atoms with E-state index in [0.717, 1.165) is 65.6 Å². The third-order valence-corrected chi connectivity index (χ3v) is 22.6. The zero-order valence-corrected chi connectivity index (χ0v) is 79.5. The summed E-state index contributed by atoms with van der Waals surface area (Å²) in [4.78, 5) is 212. The number of benzene rings is 4. The van der Waals surface area contributed by atoms with Crippen molar-refractivity contribution >= 4 is 101 Å². The molecular weight excluding hydrogens is 1870 g/mol. The van der Waals surface area contributed by atoms with Crippen LogP contribution in [-0.2, 0) is 132 Å². The number of anilines is 2. The molecule has 0 spiro atoms. The number of carbonyl (C=O) groups excluding carboxylic acids is 15. The highest BCUT2D eigenvalue weighted by molar-refractivity contribution is 6.08. The maximum absolute atomic E-state index is 15.1. The molecule has 141 heavy (non-hydrogen) atoms. The molecule has 5 N–H and O–H groups in total. The van der Waals surface area contributed by atoms with E-state index in [1.165, 1.54) is 98.9 Å². The first kappa shape index (κ1) is 109. The average molecular weight is 1980 g/mol. The molecule has 6 aliphatic rings. The van der Waals surface area contributed by atoms with Crippen LogP contribution in [0.3, 0.4) is 0 Å². The molecule has 49 heteroatoms. The van der Waals surface area contributed by atoms with Crippen LogP contribution >= 0.6 is 0 Å². The molecule has 4 aromatic carbocycles. The standard InChI is InChI=1S/C92H114N10O39/c1-47-33-65-86(114)101(91(118)131-44-55-15-17-67(60(35-55)82(110)94-21-26-120-9)139-73-39-62(88(116)124-13)75(133-49(3)103)77(135-51(5)105)76(73)134-50(4)104)63-40-71(69(122-11)37-58(63)84(112)99(65)42-47)129-24-19-57(97-74(109)46-128-32-31-127-30-29-126-28-23-96-98-93)20-25-130-72-41-64-59(38-70(72)123-12)85(113)100-43-48(2)34-66(100)87(115)102(64)92(119)132-45-56-16-18-68(61(36-56)83(111)95-22-27-121-10)140-90-81(138-54(8)108)79(137-53(7)107)78(136-52(6)106)80(141-90)89(117)125-14/h15-18,35-38,40-41,57,62,65-66,73,75-81,86-87,90,114-115H,1-2,19-34,39,42-46H2,3-14H3,(H,94,110)(H,95,111)(H,97,109)/t57?,62-,65-,66-,73+,75+,76-,77-,78-,79-,80-,81+,86?,87?,90+/m0/s1. The number of aliphatic hydroxyl groups is 2. The Labute approximate surface area is 807 Å². The van der Waals surface area contributed by atoms with E-state index in [2.05, 4.69) is 39.1 Å². The summed E-state index contributed by atoms with van der Waals surface area (Å²) in [6.45, 7) is 12.2. The van der Waals surface area contributed by atoms with Gasteiger partial charge in [0.1, 0.15) is 43.3 Å². The summed E-state index contributed by atoms with van der Waals surface area (Å²) in [5.74, 6) is -13.5. The number of nitrogens with one attached hydrogen (secondary N) is 3. The highest BCUT2D eigenvalue weighted by Crippen LogP contribution is 2.46. The van der Waals surface area contributed by atoms with E-state index in [9.17, 15) is 72.5 Å². The summed E-state index contributed by atoms with van der Waals surface area (Å²) < 4.78 is 125. The van der Waals surface area contributed by atoms with Crippen LogP contribution in [0.1, 0.15) is 126 Å². The van der Waals surface area contributed by atoms with E-state index in [1.807, 2.05) is 0 Å². The number of azide groups is 1. The molecule has 766 valence electrons. The van der Waals surface area contributed by atoms with Crippen molar-refractivity contribution in [3.05, 3.63) is 129 Å². The van der Waals surface area contributed by atoms with Crippen molar-refractivity contribution in [3.8, 4) is 34.5 Å². The van der Waals surface area contributed by atoms with E-state index >= 15 is 9.59 Å². The lowest BCUT2D eigenvalue weighted by atomic mass is 9.80. The van der Waals surface area contributed by atoms with Crippen molar-refractivity contribution in [2.24, 2.45) is 11.0 Å². The smallest absolute Gasteiger partial charge is 0.416 e. The minimum Gasteiger partial charge on any atom is -0.493 e. The normalized spacial score (nSPS) is 21.8. The summed E-state index contributed by atoms with van der Waals surface area (Å²) in [6, 6.07) is 9.79. The third kappa shape index (κ3) is 28.3. The number of esters is 8. The molecule has 3 unspecified atom stereocenters. The molecule has 0 radical (unpaired) electrons. The molecule has 4 aromatic rings. The van der Waals surface area contributed by atoms with Gasteiger partial charge in [-0.1, -0.05) is 41.6 Å². The van der Waals surface area contributed by atoms with Crippen molar-refractivity contribution in [2.75, 3.05) is 151 Å². The van der Waals surface area contributed by atoms with Crippen LogP contribution in [-0.4, -0.2) is 337 Å². The number of rotatable bonds is 46. The summed E-state index contributed by atoms with van der Waals surface area (Å²) >= 11 is 0. The van der Waals surface area contributed by atoms with Gasteiger partial charge in [-0.25, -0.2) is 24.2 Å². The topological polar surface area (TPSA) is 597 Å². The van der Waals surface area contributed by atoms with Gasteiger partial charge < -0.3 is 140 Å². The fourth-order valence-corrected chi connectivity index (χ4v) is 16.5. The zero-order chi connectivity index (χ0) is 103. The highest BCUT2D eigenvalue weighted by Gasteiger charge is 2.58. The van der Waals surface area contributed by atoms with E-state index in [0.29, 0.717) is 11.1 Å². The van der Waals surface area contributed by atoms with E-state index in [-0.39, 0.29) is 197 Å². The minimum atomic E-state index is -1.93. The molecule has 7 amide bonds. The molecule has 10 rings (SSSR count). The maximum atomic E-state index is 15.1. The largest absolute Gasteiger partial charge is 0.493 e. The van der Waals surface area contributed by atoms with Crippen LogP contribution in [0.5, 0.6) is 34.5 Å². The maximum Gasteiger partial charge on any atom is 0.416 e. The summed E-state index contributed by atoms with van der Waals surface area (Å²) in [7, 11) is 7.39. The van der Waals surface area contributed by atoms with Crippen molar-refractivity contribution in [3.63, 3.8) is 0 Å². The second-order valence-corrected chi connectivity index (χ2v) is 32.6. The van der Waals surface area contributed by atoms with Gasteiger partial charge in [-0.3, -0.25) is 57.5 Å². The molecule has 49 nitrogen and oxygen atoms in total. The first-order valence-electron chi connectivity index (χ1n) is 44.4. The van der Waals surface area contributed by atoms with Crippen LogP contribution in [0.4, 0.5) is 21.0 Å². The third-order valence-electron chi connectivity index (χ3n) is 22.6. The van der Waals surface area contributed by atoms with E-state index in [1.54, 1.807) is 0 Å². The zero-order valence-electron chi connectivity index (χ0n) is 79.5. The molecule has 15 atom stereocenters. The summed E-state index contributed by atoms with van der Waals surface area (Å²) in [5.41, 5.74) is 8.49. The summed E-state index contributed by atoms with van der Waals surface area (Å²) in [5, 5.41) is 36.6. The van der Waals surface area contributed by atoms with Crippen LogP contribution in [0, 0.1) is 5.92 Å². The number of fused-ring (bicyclic) bond motifs is 4. The fraction of sp³-hybridized carbons (Fsp3) is 0.533. The average Bonchev–Trinajstić information content (AvgIpc) is 1.45. The molecular formula is C92H114N10O39. The number of methoxy groups -OCH3 is 6. The molecule has 5 heterocycles. The van der Waals surface area contributed by atoms with Gasteiger partial charge in [-0.15, -0.1) is 0 Å². The molecule has 1 aliphatic carbocycles. The molecule has 5 aliphatic heterocycles. The predicted octanol–water partition coefficient (Wildman–Crippen LogP) is 3.84. The first-order chi connectivity index (χ1) is 67.5. The second-order valence-electron chi connectivity index (χ2n) is 32.6. The lowest BCUT2D eigenvalue weighted by Crippen LogP contribution is -2.64. The Morgan fingerprint density at radius 2 is 0.936 bits per heavy atom. The lowest BCUT2D eigenvalue weighted by Gasteiger charge is -2.43. The number of ether oxygens (including phenoxy) is 22. The molecule has 3 saturated heterocycles. The Balaban J connectivity index is 0.923. The first-order valence-corrected chi connectivity index (χ1v) is 44.4. The SMILES string of the molecule is C=C1C[C@H]2C(O)N(C(=O)OCc3ccc(O[C@@H]4O[C@H](C(=O)OC)[C@@H](OC(C)=O)[C@H](OC(C)=O)[C@H]4OC(C)=O)c(C(=O)NCCOC)c3)c3cc(OCCC(CCOc4cc5c(cc4OC)C(=O)N4CC(=C)C[C@H]4C(O)N5C(=O)OCc4ccc(O[C@@H]5C[C@H](C(=O)OC)[C@@H](OC(C)=O)[C@H](OC(C)=O)[C@H]5OC(C)=O)c(C(=O)NCCOC)c4)NC(=O)COCCOCCOCCN=[N+]=[N-])c(OC)cc3C(=O)N2C1. The minimum absolute atomic E-state index is 0.0145. The van der Waals surface area contributed by atoms with Gasteiger partial charge in [0.05, 0.1) is 134 Å². The van der Waals surface area contributed by atoms with Gasteiger partial charge in [0, 0.05) is 131 Å². The van der Waals surface area contributed by atoms with Gasteiger partial charge in [0.25, 0.3) is 23.6 Å². The number of hydrogen-bond donors (Lipinski definition) is 5. The number of aliphatic hydroxyl groups excluding tert-OH is 2. The van der Waals surface area contributed by atoms with Crippen molar-refractivity contribution < 1.29 is 186 Å². The van der Waals surface area contributed by atoms with Crippen molar-refractivity contribution in [1.82, 2.24) is 25.8 Å². The molecule has 0 aromatic heterocycles. The monoisotopic (exact) mass is 1980 g/mol. The van der Waals surface area contributed by atoms with Gasteiger partial charge >= 0.3 is 59.9 Å². The fourth-order valence-electron chi connectivity index (χ4n) is 16.5. The second kappa shape index (κ2) is 51.6. The molecule has 0 bridgehead atoms. The van der Waals surface area contributed by atoms with Crippen LogP contribution in [0.2, 0.25) is 0 Å². The van der Waals surface area contributed by atoms with Gasteiger partial charge in [0.2, 0.25) is 18.3 Å². The molecule has 1 saturated carbocycles. The van der Waals surface area contributed by atoms with Crippen LogP contribution in [0.15, 0.2) is 90.1 Å². The number of hydrogen-bond acceptors (Lipinski definition) is 40. The molecule has 4 fully saturated rings. The summed E-state index contributed by atoms with van der Waals surface area (Å²) in [6.07, 6.45) is -22.1. The Morgan fingerprint density at radius 3 is 1.39 bits per heavy atom. The Morgan fingerprint density at radius 1 is 0.504 bits per heavy atom. The van der Waals surface area contributed by atoms with Crippen LogP contribution < -0.4 is 54.2 Å². The van der Waals surface area contributed by atoms with E-state index < -0.39 is 207 Å². The number of amides is 7. The predicted molar refractivity (Wildman–Crippen MR) is 480 cm³/mol.